The van der Waals surface area contributed by atoms with Gasteiger partial charge in [-0.1, -0.05) is 31.0 Å². The van der Waals surface area contributed by atoms with Crippen molar-refractivity contribution in [2.45, 2.75) is 25.7 Å². The van der Waals surface area contributed by atoms with Gasteiger partial charge in [-0.15, -0.1) is 11.3 Å². The van der Waals surface area contributed by atoms with Crippen molar-refractivity contribution < 1.29 is 9.47 Å². The fourth-order valence-corrected chi connectivity index (χ4v) is 3.61. The molecule has 134 valence electrons. The predicted octanol–water partition coefficient (Wildman–Crippen LogP) is 5.64. The maximum atomic E-state index is 6.12. The average molecular weight is 367 g/mol. The van der Waals surface area contributed by atoms with Crippen LogP contribution in [0.25, 0.3) is 0 Å². The second-order valence-electron chi connectivity index (χ2n) is 6.36. The lowest BCUT2D eigenvalue weighted by Gasteiger charge is -2.15. The summed E-state index contributed by atoms with van der Waals surface area (Å²) in [4.78, 5) is 8.76. The summed E-state index contributed by atoms with van der Waals surface area (Å²) in [5.74, 6) is 3.42. The van der Waals surface area contributed by atoms with E-state index in [2.05, 4.69) is 15.3 Å². The van der Waals surface area contributed by atoms with E-state index in [1.165, 1.54) is 37.0 Å². The molecule has 0 saturated heterocycles. The van der Waals surface area contributed by atoms with Crippen LogP contribution in [0.5, 0.6) is 17.2 Å². The first kappa shape index (κ1) is 16.8. The second kappa shape index (κ2) is 8.19. The van der Waals surface area contributed by atoms with Crippen LogP contribution in [0.2, 0.25) is 0 Å². The molecule has 2 aromatic heterocycles. The summed E-state index contributed by atoms with van der Waals surface area (Å²) in [5, 5.41) is 5.95. The van der Waals surface area contributed by atoms with E-state index >= 15 is 0 Å². The molecule has 0 spiro atoms. The van der Waals surface area contributed by atoms with E-state index in [9.17, 15) is 0 Å². The monoisotopic (exact) mass is 367 g/mol. The average Bonchev–Trinajstić information content (AvgIpc) is 3.36. The van der Waals surface area contributed by atoms with Crippen molar-refractivity contribution in [1.82, 2.24) is 9.97 Å². The Morgan fingerprint density at radius 1 is 1.08 bits per heavy atom. The molecule has 1 aliphatic rings. The van der Waals surface area contributed by atoms with Gasteiger partial charge in [0.1, 0.15) is 11.5 Å². The molecule has 1 aromatic carbocycles. The van der Waals surface area contributed by atoms with Gasteiger partial charge in [0.05, 0.1) is 12.8 Å². The Balaban J connectivity index is 1.53. The minimum atomic E-state index is 0.626. The predicted molar refractivity (Wildman–Crippen MR) is 104 cm³/mol. The van der Waals surface area contributed by atoms with Crippen LogP contribution in [-0.2, 0) is 0 Å². The molecule has 26 heavy (non-hydrogen) atoms. The summed E-state index contributed by atoms with van der Waals surface area (Å²) in [5.41, 5.74) is 0. The van der Waals surface area contributed by atoms with Gasteiger partial charge in [0.2, 0.25) is 0 Å². The van der Waals surface area contributed by atoms with Crippen molar-refractivity contribution >= 4 is 22.3 Å². The lowest BCUT2D eigenvalue weighted by atomic mass is 10.1. The van der Waals surface area contributed by atoms with Crippen molar-refractivity contribution in [3.8, 4) is 17.2 Å². The SMILES string of the molecule is c1ccc(Oc2cnc(Nc3nccs3)c(OCC3CCCC3)c2)cc1. The summed E-state index contributed by atoms with van der Waals surface area (Å²) < 4.78 is 12.0. The normalized spacial score (nSPS) is 14.3. The van der Waals surface area contributed by atoms with E-state index in [0.29, 0.717) is 29.8 Å². The first-order valence-electron chi connectivity index (χ1n) is 8.89. The maximum Gasteiger partial charge on any atom is 0.188 e. The number of ether oxygens (including phenoxy) is 2. The Labute approximate surface area is 157 Å². The van der Waals surface area contributed by atoms with Crippen LogP contribution in [0.4, 0.5) is 10.9 Å². The topological polar surface area (TPSA) is 56.3 Å². The van der Waals surface area contributed by atoms with Crippen LogP contribution in [0.1, 0.15) is 25.7 Å². The minimum Gasteiger partial charge on any atom is -0.489 e. The number of para-hydroxylation sites is 1. The number of hydrogen-bond donors (Lipinski definition) is 1. The summed E-state index contributed by atoms with van der Waals surface area (Å²) in [6.07, 6.45) is 8.54. The molecular formula is C20H21N3O2S. The first-order valence-corrected chi connectivity index (χ1v) is 9.77. The molecule has 1 N–H and O–H groups in total. The van der Waals surface area contributed by atoms with Crippen molar-refractivity contribution in [1.29, 1.82) is 0 Å². The molecule has 0 bridgehead atoms. The third-order valence-corrected chi connectivity index (χ3v) is 5.10. The minimum absolute atomic E-state index is 0.626. The molecule has 3 aromatic rings. The fourth-order valence-electron chi connectivity index (χ4n) is 3.08. The van der Waals surface area contributed by atoms with Crippen molar-refractivity contribution in [3.63, 3.8) is 0 Å². The van der Waals surface area contributed by atoms with Crippen molar-refractivity contribution in [3.05, 3.63) is 54.2 Å². The standard InChI is InChI=1S/C20H21N3O2S/c1-2-8-16(9-3-1)25-17-12-18(24-14-15-6-4-5-7-15)19(22-13-17)23-20-21-10-11-26-20/h1-3,8-13,15H,4-7,14H2,(H,21,22,23). The number of pyridine rings is 1. The van der Waals surface area contributed by atoms with E-state index in [1.807, 2.05) is 41.8 Å². The molecule has 0 amide bonds. The van der Waals surface area contributed by atoms with Gasteiger partial charge in [-0.25, -0.2) is 9.97 Å². The zero-order chi connectivity index (χ0) is 17.6. The summed E-state index contributed by atoms with van der Waals surface area (Å²) in [6.45, 7) is 0.711. The fraction of sp³-hybridized carbons (Fsp3) is 0.300. The second-order valence-corrected chi connectivity index (χ2v) is 7.25. The largest absolute Gasteiger partial charge is 0.489 e. The van der Waals surface area contributed by atoms with Gasteiger partial charge in [0.25, 0.3) is 0 Å². The Hall–Kier alpha value is -2.60. The molecule has 6 heteroatoms. The molecule has 0 atom stereocenters. The molecule has 0 aliphatic heterocycles. The van der Waals surface area contributed by atoms with Gasteiger partial charge in [-0.05, 0) is 30.9 Å². The van der Waals surface area contributed by atoms with Gasteiger partial charge >= 0.3 is 0 Å². The Morgan fingerprint density at radius 2 is 1.92 bits per heavy atom. The van der Waals surface area contributed by atoms with E-state index in [1.54, 1.807) is 12.4 Å². The number of rotatable bonds is 7. The van der Waals surface area contributed by atoms with Crippen LogP contribution in [-0.4, -0.2) is 16.6 Å². The number of nitrogens with one attached hydrogen (secondary N) is 1. The van der Waals surface area contributed by atoms with Gasteiger partial charge in [0.15, 0.2) is 16.7 Å². The van der Waals surface area contributed by atoms with Gasteiger partial charge in [0, 0.05) is 17.6 Å². The number of hydrogen-bond acceptors (Lipinski definition) is 6. The molecule has 1 aliphatic carbocycles. The van der Waals surface area contributed by atoms with Crippen LogP contribution in [0, 0.1) is 5.92 Å². The van der Waals surface area contributed by atoms with E-state index in [-0.39, 0.29) is 0 Å². The highest BCUT2D eigenvalue weighted by Gasteiger charge is 2.17. The quantitative estimate of drug-likeness (QED) is 0.585. The number of aromatic nitrogens is 2. The Morgan fingerprint density at radius 3 is 2.69 bits per heavy atom. The van der Waals surface area contributed by atoms with Crippen LogP contribution in [0.15, 0.2) is 54.2 Å². The van der Waals surface area contributed by atoms with Crippen molar-refractivity contribution in [2.75, 3.05) is 11.9 Å². The van der Waals surface area contributed by atoms with Gasteiger partial charge < -0.3 is 14.8 Å². The van der Waals surface area contributed by atoms with Crippen LogP contribution >= 0.6 is 11.3 Å². The van der Waals surface area contributed by atoms with Gasteiger partial charge in [-0.3, -0.25) is 0 Å². The van der Waals surface area contributed by atoms with E-state index in [0.717, 1.165) is 10.9 Å². The molecule has 5 nitrogen and oxygen atoms in total. The number of anilines is 2. The van der Waals surface area contributed by atoms with E-state index in [4.69, 9.17) is 9.47 Å². The summed E-state index contributed by atoms with van der Waals surface area (Å²) in [7, 11) is 0. The smallest absolute Gasteiger partial charge is 0.188 e. The third kappa shape index (κ3) is 4.32. The Kier molecular flexibility index (Phi) is 5.30. The lowest BCUT2D eigenvalue weighted by Crippen LogP contribution is -2.09. The molecule has 4 rings (SSSR count). The Bertz CT molecular complexity index is 818. The molecule has 0 radical (unpaired) electrons. The lowest BCUT2D eigenvalue weighted by molar-refractivity contribution is 0.252. The molecule has 0 unspecified atom stereocenters. The third-order valence-electron chi connectivity index (χ3n) is 4.41. The molecule has 1 fully saturated rings. The summed E-state index contributed by atoms with van der Waals surface area (Å²) in [6, 6.07) is 11.6. The first-order chi connectivity index (χ1) is 12.9. The van der Waals surface area contributed by atoms with Crippen LogP contribution in [0.3, 0.4) is 0 Å². The number of nitrogens with zero attached hydrogens (tertiary/aromatic N) is 2. The maximum absolute atomic E-state index is 6.12. The van der Waals surface area contributed by atoms with Crippen LogP contribution < -0.4 is 14.8 Å². The zero-order valence-electron chi connectivity index (χ0n) is 14.4. The van der Waals surface area contributed by atoms with Gasteiger partial charge in [-0.2, -0.15) is 0 Å². The summed E-state index contributed by atoms with van der Waals surface area (Å²) >= 11 is 1.53. The van der Waals surface area contributed by atoms with Crippen molar-refractivity contribution in [2.24, 2.45) is 5.92 Å². The molecular weight excluding hydrogens is 346 g/mol. The highest BCUT2D eigenvalue weighted by molar-refractivity contribution is 7.13. The highest BCUT2D eigenvalue weighted by Crippen LogP contribution is 2.33. The zero-order valence-corrected chi connectivity index (χ0v) is 15.2. The molecule has 1 saturated carbocycles. The highest BCUT2D eigenvalue weighted by atomic mass is 32.1. The number of benzene rings is 1. The number of thiazole rings is 1. The molecule has 2 heterocycles. The van der Waals surface area contributed by atoms with E-state index < -0.39 is 0 Å².